The summed E-state index contributed by atoms with van der Waals surface area (Å²) in [7, 11) is 4.10. The smallest absolute Gasteiger partial charge is 0.337 e. The second kappa shape index (κ2) is 6.26. The molecule has 2 rings (SSSR count). The number of rotatable bonds is 6. The van der Waals surface area contributed by atoms with E-state index >= 15 is 0 Å². The van der Waals surface area contributed by atoms with E-state index in [-0.39, 0.29) is 11.6 Å². The van der Waals surface area contributed by atoms with Crippen molar-refractivity contribution in [1.82, 2.24) is 14.5 Å². The molecule has 5 heteroatoms. The Morgan fingerprint density at radius 1 is 1.38 bits per heavy atom. The van der Waals surface area contributed by atoms with Gasteiger partial charge >= 0.3 is 5.97 Å². The number of aromatic nitrogens is 2. The number of hydrogen-bond donors (Lipinski definition) is 1. The normalized spacial score (nSPS) is 13.2. The van der Waals surface area contributed by atoms with Crippen LogP contribution in [0.5, 0.6) is 0 Å². The first kappa shape index (κ1) is 15.5. The van der Waals surface area contributed by atoms with Gasteiger partial charge in [-0.05, 0) is 38.6 Å². The summed E-state index contributed by atoms with van der Waals surface area (Å²) in [5.74, 6) is -0.367. The molecule has 0 aliphatic carbocycles. The van der Waals surface area contributed by atoms with Crippen molar-refractivity contribution in [2.24, 2.45) is 5.92 Å². The number of fused-ring (bicyclic) bond motifs is 1. The van der Waals surface area contributed by atoms with Crippen LogP contribution < -0.4 is 0 Å². The van der Waals surface area contributed by atoms with Gasteiger partial charge in [-0.3, -0.25) is 0 Å². The van der Waals surface area contributed by atoms with Gasteiger partial charge in [0.25, 0.3) is 0 Å². The van der Waals surface area contributed by atoms with Crippen molar-refractivity contribution in [3.63, 3.8) is 0 Å². The zero-order chi connectivity index (χ0) is 15.6. The van der Waals surface area contributed by atoms with Crippen molar-refractivity contribution in [2.45, 2.75) is 26.3 Å². The lowest BCUT2D eigenvalue weighted by molar-refractivity contribution is 0.0699. The Morgan fingerprint density at radius 2 is 2.10 bits per heavy atom. The molecule has 0 fully saturated rings. The fourth-order valence-corrected chi connectivity index (χ4v) is 2.76. The van der Waals surface area contributed by atoms with Crippen LogP contribution in [0.2, 0.25) is 0 Å². The molecule has 1 heterocycles. The third-order valence-corrected chi connectivity index (χ3v) is 3.55. The molecule has 0 aliphatic rings. The molecule has 114 valence electrons. The quantitative estimate of drug-likeness (QED) is 0.888. The van der Waals surface area contributed by atoms with Crippen molar-refractivity contribution in [3.05, 3.63) is 30.1 Å². The Morgan fingerprint density at radius 3 is 2.67 bits per heavy atom. The Labute approximate surface area is 125 Å². The van der Waals surface area contributed by atoms with E-state index in [9.17, 15) is 9.90 Å². The van der Waals surface area contributed by atoms with Gasteiger partial charge in [-0.2, -0.15) is 0 Å². The molecule has 1 atom stereocenters. The lowest BCUT2D eigenvalue weighted by Crippen LogP contribution is -2.25. The zero-order valence-corrected chi connectivity index (χ0v) is 13.1. The Kier molecular flexibility index (Phi) is 4.63. The first-order valence-corrected chi connectivity index (χ1v) is 7.23. The van der Waals surface area contributed by atoms with Crippen LogP contribution in [0.3, 0.4) is 0 Å². The fraction of sp³-hybridized carbons (Fsp3) is 0.500. The topological polar surface area (TPSA) is 58.4 Å². The molecule has 1 aromatic carbocycles. The van der Waals surface area contributed by atoms with E-state index in [1.54, 1.807) is 18.5 Å². The van der Waals surface area contributed by atoms with E-state index in [0.29, 0.717) is 11.4 Å². The van der Waals surface area contributed by atoms with E-state index in [2.05, 4.69) is 42.4 Å². The minimum atomic E-state index is -0.932. The average Bonchev–Trinajstić information content (AvgIpc) is 2.79. The third kappa shape index (κ3) is 3.42. The highest BCUT2D eigenvalue weighted by Gasteiger charge is 2.19. The zero-order valence-electron chi connectivity index (χ0n) is 13.1. The number of nitrogens with zero attached hydrogens (tertiary/aromatic N) is 3. The van der Waals surface area contributed by atoms with Crippen molar-refractivity contribution < 1.29 is 9.90 Å². The van der Waals surface area contributed by atoms with Gasteiger partial charge in [-0.1, -0.05) is 19.9 Å². The molecule has 21 heavy (non-hydrogen) atoms. The summed E-state index contributed by atoms with van der Waals surface area (Å²) < 4.78 is 2.11. The summed E-state index contributed by atoms with van der Waals surface area (Å²) in [5, 5.41) is 9.26. The van der Waals surface area contributed by atoms with Gasteiger partial charge in [-0.15, -0.1) is 0 Å². The predicted octanol–water partition coefficient (Wildman–Crippen LogP) is 2.88. The van der Waals surface area contributed by atoms with E-state index in [1.807, 2.05) is 6.07 Å². The number of para-hydroxylation sites is 1. The minimum Gasteiger partial charge on any atom is -0.478 e. The summed E-state index contributed by atoms with van der Waals surface area (Å²) in [6.07, 6.45) is 2.80. The number of carbonyl (C=O) groups is 1. The molecule has 0 bridgehead atoms. The molecule has 0 saturated heterocycles. The highest BCUT2D eigenvalue weighted by Crippen LogP contribution is 2.25. The van der Waals surface area contributed by atoms with E-state index < -0.39 is 5.97 Å². The second-order valence-corrected chi connectivity index (χ2v) is 6.18. The van der Waals surface area contributed by atoms with Gasteiger partial charge in [0.05, 0.1) is 17.4 Å². The molecule has 0 saturated carbocycles. The highest BCUT2D eigenvalue weighted by atomic mass is 16.4. The van der Waals surface area contributed by atoms with Gasteiger partial charge in [-0.25, -0.2) is 9.78 Å². The van der Waals surface area contributed by atoms with Gasteiger partial charge in [0, 0.05) is 12.6 Å². The first-order valence-electron chi connectivity index (χ1n) is 7.23. The summed E-state index contributed by atoms with van der Waals surface area (Å²) in [5.41, 5.74) is 1.72. The van der Waals surface area contributed by atoms with Crippen LogP contribution in [0.25, 0.3) is 11.0 Å². The molecule has 0 aliphatic heterocycles. The Bertz CT molecular complexity index is 621. The maximum absolute atomic E-state index is 11.3. The van der Waals surface area contributed by atoms with Crippen molar-refractivity contribution in [1.29, 1.82) is 0 Å². The maximum atomic E-state index is 11.3. The van der Waals surface area contributed by atoms with Gasteiger partial charge in [0.15, 0.2) is 0 Å². The lowest BCUT2D eigenvalue weighted by atomic mass is 10.0. The molecule has 0 amide bonds. The molecule has 2 aromatic rings. The van der Waals surface area contributed by atoms with Gasteiger partial charge in [0.2, 0.25) is 0 Å². The maximum Gasteiger partial charge on any atom is 0.337 e. The predicted molar refractivity (Wildman–Crippen MR) is 83.7 cm³/mol. The van der Waals surface area contributed by atoms with Crippen LogP contribution in [-0.4, -0.2) is 46.2 Å². The molecular formula is C16H23N3O2. The average molecular weight is 289 g/mol. The fourth-order valence-electron chi connectivity index (χ4n) is 2.76. The van der Waals surface area contributed by atoms with E-state index in [0.717, 1.165) is 18.5 Å². The number of aromatic carboxylic acids is 1. The van der Waals surface area contributed by atoms with Crippen LogP contribution in [0.15, 0.2) is 24.5 Å². The Balaban J connectivity index is 2.48. The van der Waals surface area contributed by atoms with E-state index in [1.165, 1.54) is 0 Å². The van der Waals surface area contributed by atoms with Crippen LogP contribution in [0, 0.1) is 5.92 Å². The molecule has 1 aromatic heterocycles. The van der Waals surface area contributed by atoms with Crippen molar-refractivity contribution in [3.8, 4) is 0 Å². The minimum absolute atomic E-state index is 0.263. The number of imidazole rings is 1. The van der Waals surface area contributed by atoms with Crippen LogP contribution in [-0.2, 0) is 0 Å². The van der Waals surface area contributed by atoms with Gasteiger partial charge < -0.3 is 14.6 Å². The SMILES string of the molecule is CC(C)CC(CN(C)C)n1cnc2c(C(=O)O)cccc21. The Hall–Kier alpha value is -1.88. The first-order chi connectivity index (χ1) is 9.90. The summed E-state index contributed by atoms with van der Waals surface area (Å²) in [6.45, 7) is 5.30. The standard InChI is InChI=1S/C16H23N3O2/c1-11(2)8-12(9-18(3)4)19-10-17-15-13(16(20)21)6-5-7-14(15)19/h5-7,10-12H,8-9H2,1-4H3,(H,20,21). The van der Waals surface area contributed by atoms with Crippen molar-refractivity contribution >= 4 is 17.0 Å². The summed E-state index contributed by atoms with van der Waals surface area (Å²) in [4.78, 5) is 17.8. The largest absolute Gasteiger partial charge is 0.478 e. The number of likely N-dealkylation sites (N-methyl/N-ethyl adjacent to an activating group) is 1. The number of carboxylic acid groups (broad SMARTS) is 1. The molecule has 1 unspecified atom stereocenters. The summed E-state index contributed by atoms with van der Waals surface area (Å²) in [6, 6.07) is 5.61. The second-order valence-electron chi connectivity index (χ2n) is 6.18. The molecule has 0 radical (unpaired) electrons. The van der Waals surface area contributed by atoms with Crippen LogP contribution in [0.1, 0.15) is 36.7 Å². The number of benzene rings is 1. The lowest BCUT2D eigenvalue weighted by Gasteiger charge is -2.24. The highest BCUT2D eigenvalue weighted by molar-refractivity contribution is 6.00. The van der Waals surface area contributed by atoms with E-state index in [4.69, 9.17) is 0 Å². The molecule has 5 nitrogen and oxygen atoms in total. The number of hydrogen-bond acceptors (Lipinski definition) is 3. The van der Waals surface area contributed by atoms with Crippen LogP contribution >= 0.6 is 0 Å². The third-order valence-electron chi connectivity index (χ3n) is 3.55. The number of carboxylic acids is 1. The molecule has 1 N–H and O–H groups in total. The van der Waals surface area contributed by atoms with Gasteiger partial charge in [0.1, 0.15) is 5.52 Å². The molecular weight excluding hydrogens is 266 g/mol. The monoisotopic (exact) mass is 289 g/mol. The van der Waals surface area contributed by atoms with Crippen LogP contribution in [0.4, 0.5) is 0 Å². The van der Waals surface area contributed by atoms with Crippen molar-refractivity contribution in [2.75, 3.05) is 20.6 Å². The molecule has 0 spiro atoms. The summed E-state index contributed by atoms with van der Waals surface area (Å²) >= 11 is 0.